The van der Waals surface area contributed by atoms with Gasteiger partial charge in [-0.15, -0.1) is 0 Å². The van der Waals surface area contributed by atoms with Crippen LogP contribution in [0.1, 0.15) is 31.7 Å². The molecule has 0 unspecified atom stereocenters. The number of ether oxygens (including phenoxy) is 1. The minimum Gasteiger partial charge on any atom is -0.367 e. The van der Waals surface area contributed by atoms with Gasteiger partial charge in [-0.3, -0.25) is 4.79 Å². The van der Waals surface area contributed by atoms with Gasteiger partial charge in [0.2, 0.25) is 5.91 Å². The fourth-order valence-corrected chi connectivity index (χ4v) is 4.72. The molecular weight excluding hydrogens is 495 g/mol. The van der Waals surface area contributed by atoms with E-state index in [1.165, 1.54) is 18.3 Å². The summed E-state index contributed by atoms with van der Waals surface area (Å²) in [7, 11) is -2.34. The number of hydrogen-bond acceptors (Lipinski definition) is 6. The normalized spacial score (nSPS) is 22.3. The molecule has 1 aliphatic heterocycles. The highest BCUT2D eigenvalue weighted by molar-refractivity contribution is 7.91. The Hall–Kier alpha value is -2.80. The van der Waals surface area contributed by atoms with Gasteiger partial charge in [0.1, 0.15) is 11.1 Å². The van der Waals surface area contributed by atoms with Crippen LogP contribution in [0, 0.1) is 16.4 Å². The fourth-order valence-electron chi connectivity index (χ4n) is 4.11. The highest BCUT2D eigenvalue weighted by Gasteiger charge is 2.63. The number of methoxy groups -OCH3 is 1. The molecule has 0 bridgehead atoms. The number of aromatic nitrogens is 1. The van der Waals surface area contributed by atoms with E-state index >= 15 is 0 Å². The summed E-state index contributed by atoms with van der Waals surface area (Å²) in [6.07, 6.45) is -3.34. The van der Waals surface area contributed by atoms with Crippen molar-refractivity contribution in [2.24, 2.45) is 0 Å². The number of benzene rings is 1. The maximum Gasteiger partial charge on any atom is 0.419 e. The monoisotopic (exact) mass is 520 g/mol. The molecule has 2 N–H and O–H groups in total. The van der Waals surface area contributed by atoms with E-state index in [1.54, 1.807) is 13.8 Å². The second-order valence-electron chi connectivity index (χ2n) is 8.71. The summed E-state index contributed by atoms with van der Waals surface area (Å²) in [6, 6.07) is 2.99. The van der Waals surface area contributed by atoms with E-state index in [0.29, 0.717) is 0 Å². The second-order valence-corrected chi connectivity index (χ2v) is 10.8. The maximum absolute atomic E-state index is 14.7. The Balaban J connectivity index is 2.09. The van der Waals surface area contributed by atoms with E-state index < -0.39 is 64.0 Å². The Kier molecular flexibility index (Phi) is 7.15. The van der Waals surface area contributed by atoms with Crippen molar-refractivity contribution in [1.29, 1.82) is 4.78 Å². The van der Waals surface area contributed by atoms with Crippen LogP contribution in [0.4, 0.5) is 33.3 Å². The van der Waals surface area contributed by atoms with Gasteiger partial charge in [0.05, 0.1) is 16.3 Å². The topological polar surface area (TPSA) is 95.4 Å². The van der Waals surface area contributed by atoms with Crippen LogP contribution in [0.2, 0.25) is 0 Å². The van der Waals surface area contributed by atoms with E-state index in [1.807, 2.05) is 0 Å². The Morgan fingerprint density at radius 1 is 1.31 bits per heavy atom. The average molecular weight is 521 g/mol. The molecule has 3 atom stereocenters. The van der Waals surface area contributed by atoms with Gasteiger partial charge >= 0.3 is 6.18 Å². The summed E-state index contributed by atoms with van der Waals surface area (Å²) in [5.41, 5.74) is -2.89. The molecule has 1 aliphatic rings. The van der Waals surface area contributed by atoms with Gasteiger partial charge in [-0.25, -0.2) is 22.8 Å². The number of anilines is 2. The number of nitrogens with one attached hydrogen (secondary N) is 2. The van der Waals surface area contributed by atoms with Crippen molar-refractivity contribution >= 4 is 27.0 Å². The van der Waals surface area contributed by atoms with Crippen molar-refractivity contribution in [1.82, 2.24) is 4.98 Å². The first-order valence-corrected chi connectivity index (χ1v) is 12.4. The van der Waals surface area contributed by atoms with Gasteiger partial charge in [-0.2, -0.15) is 13.2 Å². The lowest BCUT2D eigenvalue weighted by Crippen LogP contribution is -2.49. The highest BCUT2D eigenvalue weighted by Crippen LogP contribution is 2.46. The standard InChI is InChI=1S/C22H25F5N4O3S/c1-12(2)18-15(6-5-14(23)19(18)24)31-11-21(34-3,22(25,26)27)10-16(31)20(32)30-13-7-8-29-17(9-13)35(4,28)33/h5-9,12,16,28H,10-11H2,1-4H3,(H,29,30,32)/t16-,21+,35+/m0/s1. The lowest BCUT2D eigenvalue weighted by Gasteiger charge is -2.31. The number of carbonyl (C=O) groups excluding carboxylic acids is 1. The lowest BCUT2D eigenvalue weighted by atomic mass is 9.98. The molecule has 35 heavy (non-hydrogen) atoms. The largest absolute Gasteiger partial charge is 0.419 e. The minimum atomic E-state index is -4.87. The molecule has 0 saturated carbocycles. The molecule has 1 amide bonds. The molecule has 0 aliphatic carbocycles. The average Bonchev–Trinajstić information content (AvgIpc) is 3.16. The Bertz CT molecular complexity index is 1240. The van der Waals surface area contributed by atoms with Crippen LogP contribution in [0.25, 0.3) is 0 Å². The lowest BCUT2D eigenvalue weighted by molar-refractivity contribution is -0.261. The number of pyridine rings is 1. The Morgan fingerprint density at radius 3 is 2.51 bits per heavy atom. The predicted molar refractivity (Wildman–Crippen MR) is 120 cm³/mol. The molecule has 3 rings (SSSR count). The maximum atomic E-state index is 14.7. The van der Waals surface area contributed by atoms with Crippen LogP contribution in [-0.2, 0) is 19.3 Å². The molecular formula is C22H25F5N4O3S. The van der Waals surface area contributed by atoms with Gasteiger partial charge in [0, 0.05) is 42.9 Å². The molecule has 1 aromatic carbocycles. The molecule has 1 aromatic heterocycles. The molecule has 2 heterocycles. The summed E-state index contributed by atoms with van der Waals surface area (Å²) in [5, 5.41) is 2.34. The summed E-state index contributed by atoms with van der Waals surface area (Å²) < 4.78 is 95.4. The molecule has 192 valence electrons. The zero-order chi connectivity index (χ0) is 26.3. The van der Waals surface area contributed by atoms with Crippen LogP contribution in [0.5, 0.6) is 0 Å². The van der Waals surface area contributed by atoms with E-state index in [9.17, 15) is 31.0 Å². The molecule has 7 nitrogen and oxygen atoms in total. The van der Waals surface area contributed by atoms with E-state index in [4.69, 9.17) is 9.52 Å². The number of halogens is 5. The van der Waals surface area contributed by atoms with Crippen LogP contribution in [0.3, 0.4) is 0 Å². The summed E-state index contributed by atoms with van der Waals surface area (Å²) in [5.74, 6) is -3.84. The number of alkyl halides is 3. The van der Waals surface area contributed by atoms with E-state index in [2.05, 4.69) is 10.3 Å². The third-order valence-electron chi connectivity index (χ3n) is 5.93. The summed E-state index contributed by atoms with van der Waals surface area (Å²) in [6.45, 7) is 2.29. The van der Waals surface area contributed by atoms with Crippen molar-refractivity contribution < 1.29 is 35.7 Å². The first kappa shape index (κ1) is 26.8. The first-order valence-electron chi connectivity index (χ1n) is 10.5. The number of amides is 1. The molecule has 0 spiro atoms. The van der Waals surface area contributed by atoms with Crippen molar-refractivity contribution in [3.05, 3.63) is 47.7 Å². The van der Waals surface area contributed by atoms with Crippen molar-refractivity contribution in [3.8, 4) is 0 Å². The number of carbonyl (C=O) groups is 1. The molecule has 1 saturated heterocycles. The van der Waals surface area contributed by atoms with Crippen molar-refractivity contribution in [2.45, 2.75) is 49.0 Å². The third-order valence-corrected chi connectivity index (χ3v) is 6.95. The van der Waals surface area contributed by atoms with E-state index in [-0.39, 0.29) is 22.0 Å². The van der Waals surface area contributed by atoms with Gasteiger partial charge in [-0.05, 0) is 30.2 Å². The predicted octanol–water partition coefficient (Wildman–Crippen LogP) is 4.68. The number of rotatable bonds is 6. The summed E-state index contributed by atoms with van der Waals surface area (Å²) >= 11 is 0. The van der Waals surface area contributed by atoms with Gasteiger partial charge in [-0.1, -0.05) is 13.8 Å². The summed E-state index contributed by atoms with van der Waals surface area (Å²) in [4.78, 5) is 18.1. The third kappa shape index (κ3) is 5.10. The molecule has 2 aromatic rings. The Morgan fingerprint density at radius 2 is 1.97 bits per heavy atom. The zero-order valence-corrected chi connectivity index (χ0v) is 20.2. The van der Waals surface area contributed by atoms with Crippen LogP contribution >= 0.6 is 0 Å². The molecule has 0 radical (unpaired) electrons. The van der Waals surface area contributed by atoms with E-state index in [0.717, 1.165) is 30.4 Å². The minimum absolute atomic E-state index is 0.0552. The quantitative estimate of drug-likeness (QED) is 0.540. The van der Waals surface area contributed by atoms with Gasteiger partial charge in [0.15, 0.2) is 17.2 Å². The van der Waals surface area contributed by atoms with Crippen LogP contribution < -0.4 is 10.2 Å². The zero-order valence-electron chi connectivity index (χ0n) is 19.4. The van der Waals surface area contributed by atoms with Crippen molar-refractivity contribution in [3.63, 3.8) is 0 Å². The van der Waals surface area contributed by atoms with Gasteiger partial charge < -0.3 is 15.0 Å². The van der Waals surface area contributed by atoms with Crippen LogP contribution in [-0.4, -0.2) is 52.8 Å². The first-order chi connectivity index (χ1) is 16.1. The van der Waals surface area contributed by atoms with Crippen molar-refractivity contribution in [2.75, 3.05) is 30.1 Å². The highest BCUT2D eigenvalue weighted by atomic mass is 32.2. The molecule has 13 heteroatoms. The number of nitrogens with zero attached hydrogens (tertiary/aromatic N) is 2. The SMILES string of the molecule is CO[C@]1(C(F)(F)F)C[C@@H](C(=O)Nc2ccnc([S@](C)(=N)=O)c2)N(c2ccc(F)c(F)c2C(C)C)C1. The smallest absolute Gasteiger partial charge is 0.367 e. The van der Waals surface area contributed by atoms with Gasteiger partial charge in [0.25, 0.3) is 0 Å². The fraction of sp³-hybridized carbons (Fsp3) is 0.455. The number of hydrogen-bond donors (Lipinski definition) is 2. The molecule has 1 fully saturated rings. The Labute approximate surface area is 199 Å². The van der Waals surface area contributed by atoms with Crippen LogP contribution in [0.15, 0.2) is 35.5 Å². The second kappa shape index (κ2) is 9.34.